The van der Waals surface area contributed by atoms with Crippen LogP contribution in [0.1, 0.15) is 0 Å². The second kappa shape index (κ2) is 1.93. The maximum atomic E-state index is 4.96. The van der Waals surface area contributed by atoms with Crippen LogP contribution < -0.4 is 0 Å². The first-order valence-corrected chi connectivity index (χ1v) is 2.25. The van der Waals surface area contributed by atoms with Gasteiger partial charge in [0.2, 0.25) is 0 Å². The van der Waals surface area contributed by atoms with Crippen LogP contribution in [-0.4, -0.2) is 31.6 Å². The highest BCUT2D eigenvalue weighted by molar-refractivity contribution is 5.53. The van der Waals surface area contributed by atoms with E-state index in [0.717, 1.165) is 6.54 Å². The van der Waals surface area contributed by atoms with Crippen molar-refractivity contribution >= 4 is 6.34 Å². The fraction of sp³-hybridized carbons (Fsp3) is 0.750. The Kier molecular flexibility index (Phi) is 1.26. The molecule has 0 fully saturated rings. The van der Waals surface area contributed by atoms with Crippen LogP contribution in [0, 0.1) is 0 Å². The van der Waals surface area contributed by atoms with Gasteiger partial charge in [0.15, 0.2) is 0 Å². The Morgan fingerprint density at radius 3 is 3.00 bits per heavy atom. The SMILES string of the molecule is CN1C=NCCO1. The molecule has 1 heterocycles. The van der Waals surface area contributed by atoms with Crippen LogP contribution in [-0.2, 0) is 4.84 Å². The summed E-state index contributed by atoms with van der Waals surface area (Å²) in [6, 6.07) is 0. The molecule has 0 radical (unpaired) electrons. The lowest BCUT2D eigenvalue weighted by Crippen LogP contribution is -2.22. The molecule has 0 saturated heterocycles. The Labute approximate surface area is 42.6 Å². The van der Waals surface area contributed by atoms with Gasteiger partial charge in [0.05, 0.1) is 13.2 Å². The van der Waals surface area contributed by atoms with Gasteiger partial charge in [-0.25, -0.2) is 5.06 Å². The Morgan fingerprint density at radius 2 is 2.71 bits per heavy atom. The quantitative estimate of drug-likeness (QED) is 0.424. The molecule has 0 atom stereocenters. The van der Waals surface area contributed by atoms with Crippen molar-refractivity contribution in [3.05, 3.63) is 0 Å². The molecule has 0 bridgehead atoms. The lowest BCUT2D eigenvalue weighted by molar-refractivity contribution is -0.0783. The average molecular weight is 100 g/mol. The summed E-state index contributed by atoms with van der Waals surface area (Å²) >= 11 is 0. The fourth-order valence-corrected chi connectivity index (χ4v) is 0.444. The van der Waals surface area contributed by atoms with Crippen LogP contribution in [0.25, 0.3) is 0 Å². The maximum Gasteiger partial charge on any atom is 0.110 e. The second-order valence-corrected chi connectivity index (χ2v) is 1.40. The van der Waals surface area contributed by atoms with E-state index in [0.29, 0.717) is 6.61 Å². The Bertz CT molecular complexity index is 81.8. The maximum absolute atomic E-state index is 4.96. The molecule has 1 aliphatic rings. The average Bonchev–Trinajstić information content (AvgIpc) is 1.69. The topological polar surface area (TPSA) is 24.8 Å². The predicted molar refractivity (Wildman–Crippen MR) is 27.1 cm³/mol. The fourth-order valence-electron chi connectivity index (χ4n) is 0.444. The van der Waals surface area contributed by atoms with Crippen molar-refractivity contribution in [1.82, 2.24) is 5.06 Å². The Morgan fingerprint density at radius 1 is 1.86 bits per heavy atom. The van der Waals surface area contributed by atoms with Gasteiger partial charge in [-0.15, -0.1) is 0 Å². The van der Waals surface area contributed by atoms with E-state index in [1.165, 1.54) is 0 Å². The molecule has 1 aliphatic heterocycles. The van der Waals surface area contributed by atoms with Gasteiger partial charge in [0, 0.05) is 7.05 Å². The van der Waals surface area contributed by atoms with E-state index in [1.54, 1.807) is 11.4 Å². The third kappa shape index (κ3) is 1.16. The van der Waals surface area contributed by atoms with Gasteiger partial charge < -0.3 is 0 Å². The number of hydrogen-bond donors (Lipinski definition) is 0. The summed E-state index contributed by atoms with van der Waals surface area (Å²) in [5, 5.41) is 1.60. The number of aliphatic imine (C=N–C) groups is 1. The summed E-state index contributed by atoms with van der Waals surface area (Å²) in [5.74, 6) is 0. The van der Waals surface area contributed by atoms with Gasteiger partial charge >= 0.3 is 0 Å². The summed E-state index contributed by atoms with van der Waals surface area (Å²) in [6.45, 7) is 1.51. The Balaban J connectivity index is 2.36. The molecule has 1 rings (SSSR count). The lowest BCUT2D eigenvalue weighted by atomic mass is 10.7. The molecular formula is C4H8N2O. The molecule has 0 aromatic rings. The molecule has 0 N–H and O–H groups in total. The zero-order valence-electron chi connectivity index (χ0n) is 4.29. The highest BCUT2D eigenvalue weighted by atomic mass is 16.7. The minimum absolute atomic E-state index is 0.715. The van der Waals surface area contributed by atoms with Crippen LogP contribution >= 0.6 is 0 Å². The van der Waals surface area contributed by atoms with E-state index >= 15 is 0 Å². The van der Waals surface area contributed by atoms with Crippen molar-refractivity contribution in [2.45, 2.75) is 0 Å². The van der Waals surface area contributed by atoms with Gasteiger partial charge in [-0.2, -0.15) is 0 Å². The van der Waals surface area contributed by atoms with Gasteiger partial charge in [-0.3, -0.25) is 9.83 Å². The van der Waals surface area contributed by atoms with Gasteiger partial charge in [0.1, 0.15) is 6.34 Å². The second-order valence-electron chi connectivity index (χ2n) is 1.40. The number of nitrogens with zero attached hydrogens (tertiary/aromatic N) is 2. The highest BCUT2D eigenvalue weighted by Crippen LogP contribution is 1.86. The van der Waals surface area contributed by atoms with Crippen LogP contribution in [0.2, 0.25) is 0 Å². The molecular weight excluding hydrogens is 92.1 g/mol. The molecule has 0 spiro atoms. The van der Waals surface area contributed by atoms with E-state index < -0.39 is 0 Å². The van der Waals surface area contributed by atoms with Gasteiger partial charge in [-0.1, -0.05) is 0 Å². The van der Waals surface area contributed by atoms with Crippen molar-refractivity contribution in [3.8, 4) is 0 Å². The van der Waals surface area contributed by atoms with Crippen LogP contribution in [0.5, 0.6) is 0 Å². The minimum Gasteiger partial charge on any atom is -0.271 e. The van der Waals surface area contributed by atoms with Crippen molar-refractivity contribution in [3.63, 3.8) is 0 Å². The number of hydroxylamine groups is 2. The lowest BCUT2D eigenvalue weighted by Gasteiger charge is -2.15. The zero-order chi connectivity index (χ0) is 5.11. The number of hydrogen-bond acceptors (Lipinski definition) is 3. The summed E-state index contributed by atoms with van der Waals surface area (Å²) in [5.41, 5.74) is 0. The van der Waals surface area contributed by atoms with Crippen LogP contribution in [0.3, 0.4) is 0 Å². The molecule has 3 heteroatoms. The molecule has 0 amide bonds. The van der Waals surface area contributed by atoms with E-state index in [-0.39, 0.29) is 0 Å². The molecule has 0 saturated carbocycles. The van der Waals surface area contributed by atoms with Crippen molar-refractivity contribution in [1.29, 1.82) is 0 Å². The van der Waals surface area contributed by atoms with E-state index in [4.69, 9.17) is 4.84 Å². The van der Waals surface area contributed by atoms with Gasteiger partial charge in [0.25, 0.3) is 0 Å². The first-order chi connectivity index (χ1) is 3.39. The number of rotatable bonds is 0. The minimum atomic E-state index is 0.715. The Hall–Kier alpha value is -0.570. The summed E-state index contributed by atoms with van der Waals surface area (Å²) in [7, 11) is 1.82. The summed E-state index contributed by atoms with van der Waals surface area (Å²) < 4.78 is 0. The predicted octanol–water partition coefficient (Wildman–Crippen LogP) is -0.108. The van der Waals surface area contributed by atoms with E-state index in [1.807, 2.05) is 7.05 Å². The smallest absolute Gasteiger partial charge is 0.110 e. The summed E-state index contributed by atoms with van der Waals surface area (Å²) in [4.78, 5) is 8.90. The first-order valence-electron chi connectivity index (χ1n) is 2.25. The molecule has 3 nitrogen and oxygen atoms in total. The van der Waals surface area contributed by atoms with Crippen molar-refractivity contribution in [2.75, 3.05) is 20.2 Å². The van der Waals surface area contributed by atoms with Gasteiger partial charge in [-0.05, 0) is 0 Å². The largest absolute Gasteiger partial charge is 0.271 e. The van der Waals surface area contributed by atoms with Crippen LogP contribution in [0.4, 0.5) is 0 Å². The first kappa shape index (κ1) is 4.59. The molecule has 40 valence electrons. The molecule has 0 unspecified atom stereocenters. The third-order valence-electron chi connectivity index (χ3n) is 0.760. The third-order valence-corrected chi connectivity index (χ3v) is 0.760. The zero-order valence-corrected chi connectivity index (χ0v) is 4.29. The van der Waals surface area contributed by atoms with Crippen LogP contribution in [0.15, 0.2) is 4.99 Å². The van der Waals surface area contributed by atoms with E-state index in [9.17, 15) is 0 Å². The molecule has 0 aliphatic carbocycles. The molecule has 7 heavy (non-hydrogen) atoms. The van der Waals surface area contributed by atoms with Crippen molar-refractivity contribution < 1.29 is 4.84 Å². The molecule has 0 aromatic carbocycles. The molecule has 0 aromatic heterocycles. The normalized spacial score (nSPS) is 20.4. The highest BCUT2D eigenvalue weighted by Gasteiger charge is 1.94. The summed E-state index contributed by atoms with van der Waals surface area (Å²) in [6.07, 6.45) is 1.67. The van der Waals surface area contributed by atoms with E-state index in [2.05, 4.69) is 4.99 Å². The monoisotopic (exact) mass is 100 g/mol. The standard InChI is InChI=1S/C4H8N2O/c1-6-4-5-2-3-7-6/h4H,2-3H2,1H3. The van der Waals surface area contributed by atoms with Crippen molar-refractivity contribution in [2.24, 2.45) is 4.99 Å².